The highest BCUT2D eigenvalue weighted by Crippen LogP contribution is 2.41. The zero-order valence-electron chi connectivity index (χ0n) is 21.3. The predicted octanol–water partition coefficient (Wildman–Crippen LogP) is 9.59. The molecule has 0 atom stereocenters. The number of nitrogens with zero attached hydrogens (tertiary/aromatic N) is 2. The summed E-state index contributed by atoms with van der Waals surface area (Å²) < 4.78 is 42.5. The summed E-state index contributed by atoms with van der Waals surface area (Å²) >= 11 is 0. The van der Waals surface area contributed by atoms with Gasteiger partial charge in [0.2, 0.25) is 0 Å². The molecule has 0 amide bonds. The minimum atomic E-state index is -4.54. The lowest BCUT2D eigenvalue weighted by molar-refractivity contribution is -0.137. The van der Waals surface area contributed by atoms with Crippen LogP contribution in [0.2, 0.25) is 0 Å². The van der Waals surface area contributed by atoms with Gasteiger partial charge in [-0.3, -0.25) is 9.97 Å². The van der Waals surface area contributed by atoms with Crippen molar-refractivity contribution < 1.29 is 13.2 Å². The molecule has 188 valence electrons. The molecular formula is C33H25F3N2. The van der Waals surface area contributed by atoms with Gasteiger partial charge in [-0.2, -0.15) is 13.2 Å². The molecule has 5 heteroatoms. The smallest absolute Gasteiger partial charge is 0.256 e. The molecule has 0 saturated heterocycles. The molecule has 0 bridgehead atoms. The van der Waals surface area contributed by atoms with Crippen molar-refractivity contribution in [2.24, 2.45) is 0 Å². The maximum atomic E-state index is 14.2. The number of aromatic nitrogens is 2. The SMILES string of the molecule is CC(C)(C)c1cc(-c2cc(-c3ccc4c(cnc5ccccc54)c3)c(C(F)(F)F)cn2)cc2ccccc12. The van der Waals surface area contributed by atoms with Crippen LogP contribution in [0.1, 0.15) is 31.9 Å². The molecule has 0 aliphatic rings. The van der Waals surface area contributed by atoms with Crippen LogP contribution in [0, 0.1) is 0 Å². The molecule has 38 heavy (non-hydrogen) atoms. The summed E-state index contributed by atoms with van der Waals surface area (Å²) in [6.07, 6.45) is -1.87. The van der Waals surface area contributed by atoms with Crippen molar-refractivity contribution in [1.82, 2.24) is 9.97 Å². The van der Waals surface area contributed by atoms with E-state index in [1.165, 1.54) is 0 Å². The first kappa shape index (κ1) is 24.1. The first-order valence-electron chi connectivity index (χ1n) is 12.5. The van der Waals surface area contributed by atoms with E-state index in [4.69, 9.17) is 0 Å². The van der Waals surface area contributed by atoms with E-state index in [9.17, 15) is 13.2 Å². The zero-order chi connectivity index (χ0) is 26.7. The Morgan fingerprint density at radius 2 is 1.29 bits per heavy atom. The Morgan fingerprint density at radius 1 is 0.579 bits per heavy atom. The van der Waals surface area contributed by atoms with Gasteiger partial charge in [-0.05, 0) is 68.6 Å². The van der Waals surface area contributed by atoms with Gasteiger partial charge in [0.05, 0.1) is 16.8 Å². The Hall–Kier alpha value is -4.25. The Labute approximate surface area is 218 Å². The first-order chi connectivity index (χ1) is 18.1. The fraction of sp³-hybridized carbons (Fsp3) is 0.152. The summed E-state index contributed by atoms with van der Waals surface area (Å²) in [4.78, 5) is 8.81. The molecular weight excluding hydrogens is 481 g/mol. The maximum absolute atomic E-state index is 14.2. The second-order valence-electron chi connectivity index (χ2n) is 10.7. The van der Waals surface area contributed by atoms with Crippen LogP contribution in [0.15, 0.2) is 97.3 Å². The molecule has 4 aromatic carbocycles. The second kappa shape index (κ2) is 8.66. The summed E-state index contributed by atoms with van der Waals surface area (Å²) in [7, 11) is 0. The fourth-order valence-electron chi connectivity index (χ4n) is 5.19. The Balaban J connectivity index is 1.57. The Bertz CT molecular complexity index is 1850. The molecule has 0 aliphatic carbocycles. The average Bonchev–Trinajstić information content (AvgIpc) is 2.90. The molecule has 0 radical (unpaired) electrons. The third kappa shape index (κ3) is 4.18. The van der Waals surface area contributed by atoms with Gasteiger partial charge in [-0.15, -0.1) is 0 Å². The topological polar surface area (TPSA) is 25.8 Å². The molecule has 0 fully saturated rings. The van der Waals surface area contributed by atoms with E-state index in [2.05, 4.69) is 42.9 Å². The van der Waals surface area contributed by atoms with Crippen molar-refractivity contribution in [3.63, 3.8) is 0 Å². The van der Waals surface area contributed by atoms with Crippen LogP contribution in [-0.2, 0) is 11.6 Å². The van der Waals surface area contributed by atoms with E-state index in [-0.39, 0.29) is 11.0 Å². The molecule has 6 rings (SSSR count). The van der Waals surface area contributed by atoms with Crippen molar-refractivity contribution in [1.29, 1.82) is 0 Å². The van der Waals surface area contributed by atoms with E-state index in [1.807, 2.05) is 54.6 Å². The molecule has 2 nitrogen and oxygen atoms in total. The average molecular weight is 507 g/mol. The van der Waals surface area contributed by atoms with Crippen LogP contribution in [-0.4, -0.2) is 9.97 Å². The number of alkyl halides is 3. The molecule has 0 aliphatic heterocycles. The Kier molecular flexibility index (Phi) is 5.49. The largest absolute Gasteiger partial charge is 0.418 e. The van der Waals surface area contributed by atoms with Gasteiger partial charge < -0.3 is 0 Å². The van der Waals surface area contributed by atoms with Gasteiger partial charge >= 0.3 is 6.18 Å². The standard InChI is InChI=1S/C33H25F3N2/c1-32(2,3)28-16-22(14-20-8-4-5-9-25(20)28)31-17-27(29(19-38-31)33(34,35)36)21-12-13-24-23(15-21)18-37-30-11-7-6-10-26(24)30/h4-19H,1-3H3. The molecule has 2 heterocycles. The minimum absolute atomic E-state index is 0.100. The number of para-hydroxylation sites is 1. The van der Waals surface area contributed by atoms with Crippen molar-refractivity contribution in [2.45, 2.75) is 32.4 Å². The fourth-order valence-corrected chi connectivity index (χ4v) is 5.19. The van der Waals surface area contributed by atoms with Crippen LogP contribution in [0.3, 0.4) is 0 Å². The second-order valence-corrected chi connectivity index (χ2v) is 10.7. The van der Waals surface area contributed by atoms with Crippen LogP contribution in [0.4, 0.5) is 13.2 Å². The molecule has 0 unspecified atom stereocenters. The quantitative estimate of drug-likeness (QED) is 0.219. The summed E-state index contributed by atoms with van der Waals surface area (Å²) in [6.45, 7) is 6.41. The highest BCUT2D eigenvalue weighted by atomic mass is 19.4. The van der Waals surface area contributed by atoms with E-state index >= 15 is 0 Å². The van der Waals surface area contributed by atoms with Crippen molar-refractivity contribution in [3.05, 3.63) is 108 Å². The number of rotatable bonds is 2. The number of hydrogen-bond donors (Lipinski definition) is 0. The van der Waals surface area contributed by atoms with E-state index in [0.29, 0.717) is 11.3 Å². The summed E-state index contributed by atoms with van der Waals surface area (Å²) in [5, 5.41) is 4.86. The van der Waals surface area contributed by atoms with Gasteiger partial charge in [0, 0.05) is 28.7 Å². The van der Waals surface area contributed by atoms with Crippen LogP contribution in [0.5, 0.6) is 0 Å². The van der Waals surface area contributed by atoms with Crippen LogP contribution >= 0.6 is 0 Å². The molecule has 0 saturated carbocycles. The lowest BCUT2D eigenvalue weighted by Gasteiger charge is -2.23. The maximum Gasteiger partial charge on any atom is 0.418 e. The van der Waals surface area contributed by atoms with Gasteiger partial charge in [-0.25, -0.2) is 0 Å². The highest BCUT2D eigenvalue weighted by molar-refractivity contribution is 6.06. The molecule has 0 spiro atoms. The van der Waals surface area contributed by atoms with Crippen molar-refractivity contribution in [3.8, 4) is 22.4 Å². The number of halogens is 3. The number of benzene rings is 4. The third-order valence-electron chi connectivity index (χ3n) is 7.07. The predicted molar refractivity (Wildman–Crippen MR) is 149 cm³/mol. The zero-order valence-corrected chi connectivity index (χ0v) is 21.3. The van der Waals surface area contributed by atoms with E-state index in [1.54, 1.807) is 24.4 Å². The number of fused-ring (bicyclic) bond motifs is 4. The lowest BCUT2D eigenvalue weighted by Crippen LogP contribution is -2.12. The number of hydrogen-bond acceptors (Lipinski definition) is 2. The van der Waals surface area contributed by atoms with Gasteiger partial charge in [0.15, 0.2) is 0 Å². The summed E-state index contributed by atoms with van der Waals surface area (Å²) in [6, 6.07) is 26.9. The molecule has 6 aromatic rings. The lowest BCUT2D eigenvalue weighted by atomic mass is 9.82. The van der Waals surface area contributed by atoms with E-state index < -0.39 is 11.7 Å². The van der Waals surface area contributed by atoms with Gasteiger partial charge in [0.1, 0.15) is 0 Å². The summed E-state index contributed by atoms with van der Waals surface area (Å²) in [5.41, 5.74) is 2.92. The molecule has 2 aromatic heterocycles. The van der Waals surface area contributed by atoms with Crippen molar-refractivity contribution in [2.75, 3.05) is 0 Å². The number of pyridine rings is 2. The van der Waals surface area contributed by atoms with Crippen LogP contribution < -0.4 is 0 Å². The first-order valence-corrected chi connectivity index (χ1v) is 12.5. The third-order valence-corrected chi connectivity index (χ3v) is 7.07. The highest BCUT2D eigenvalue weighted by Gasteiger charge is 2.34. The normalized spacial score (nSPS) is 12.5. The monoisotopic (exact) mass is 506 g/mol. The minimum Gasteiger partial charge on any atom is -0.256 e. The Morgan fingerprint density at radius 3 is 2.05 bits per heavy atom. The summed E-state index contributed by atoms with van der Waals surface area (Å²) in [5.74, 6) is 0. The van der Waals surface area contributed by atoms with Crippen LogP contribution in [0.25, 0.3) is 54.8 Å². The van der Waals surface area contributed by atoms with Gasteiger partial charge in [-0.1, -0.05) is 75.4 Å². The van der Waals surface area contributed by atoms with Crippen molar-refractivity contribution >= 4 is 32.4 Å². The van der Waals surface area contributed by atoms with Gasteiger partial charge in [0.25, 0.3) is 0 Å². The molecule has 0 N–H and O–H groups in total. The van der Waals surface area contributed by atoms with E-state index in [0.717, 1.165) is 49.8 Å².